The van der Waals surface area contributed by atoms with Crippen molar-refractivity contribution in [1.82, 2.24) is 0 Å². The molecule has 0 aromatic rings. The standard InChI is InChI=1S/C32H42O15/c1-13(2)32(40)22-12-23(39)47-30(22,10)24-21(41-14(3)33)11-20-25(42-15(4)34)31(24,26(43-16(5)35)27(32)44-17(6)36)28(45-18(7)37)29(20,9)46-19(8)38/h20-22,24-28,40H,1,11-12H2,2-10H3/t20?,21-,22-,24-,25+,26+,27+,28-,29-,30-,31?,32-/m0/s1. The maximum Gasteiger partial charge on any atom is 0.306 e. The molecule has 1 saturated heterocycles. The second kappa shape index (κ2) is 11.9. The van der Waals surface area contributed by atoms with Crippen LogP contribution in [0.5, 0.6) is 0 Å². The Hall–Kier alpha value is -4.01. The van der Waals surface area contributed by atoms with Crippen LogP contribution in [0, 0.1) is 23.2 Å². The van der Waals surface area contributed by atoms with E-state index in [-0.39, 0.29) is 12.0 Å². The first kappa shape index (κ1) is 35.8. The molecule has 0 radical (unpaired) electrons. The van der Waals surface area contributed by atoms with E-state index in [2.05, 4.69) is 6.58 Å². The van der Waals surface area contributed by atoms with Crippen LogP contribution in [0.25, 0.3) is 0 Å². The Balaban J connectivity index is 2.32. The molecule has 4 fully saturated rings. The van der Waals surface area contributed by atoms with Gasteiger partial charge in [-0.15, -0.1) is 0 Å². The van der Waals surface area contributed by atoms with Gasteiger partial charge < -0.3 is 38.3 Å². The van der Waals surface area contributed by atoms with Gasteiger partial charge >= 0.3 is 41.8 Å². The van der Waals surface area contributed by atoms with Crippen LogP contribution in [0.2, 0.25) is 0 Å². The van der Waals surface area contributed by atoms with Gasteiger partial charge in [0.15, 0.2) is 23.9 Å². The molecule has 1 heterocycles. The maximum atomic E-state index is 13.3. The van der Waals surface area contributed by atoms with Crippen LogP contribution in [0.3, 0.4) is 0 Å². The minimum absolute atomic E-state index is 0.0279. The van der Waals surface area contributed by atoms with E-state index in [1.807, 2.05) is 0 Å². The van der Waals surface area contributed by atoms with Gasteiger partial charge in [0.2, 0.25) is 0 Å². The lowest BCUT2D eigenvalue weighted by atomic mass is 9.54. The highest BCUT2D eigenvalue weighted by Gasteiger charge is 2.88. The molecule has 2 unspecified atom stereocenters. The summed E-state index contributed by atoms with van der Waals surface area (Å²) in [6.45, 7) is 14.7. The zero-order valence-corrected chi connectivity index (χ0v) is 27.9. The summed E-state index contributed by atoms with van der Waals surface area (Å²) >= 11 is 0. The first-order valence-corrected chi connectivity index (χ1v) is 15.2. The van der Waals surface area contributed by atoms with E-state index in [9.17, 15) is 38.7 Å². The molecule has 15 heteroatoms. The summed E-state index contributed by atoms with van der Waals surface area (Å²) in [4.78, 5) is 90.7. The van der Waals surface area contributed by atoms with E-state index in [1.165, 1.54) is 20.8 Å². The molecule has 4 rings (SSSR count). The molecule has 2 bridgehead atoms. The van der Waals surface area contributed by atoms with Crippen molar-refractivity contribution in [3.05, 3.63) is 12.2 Å². The summed E-state index contributed by atoms with van der Waals surface area (Å²) in [5.74, 6) is -9.98. The highest BCUT2D eigenvalue weighted by atomic mass is 16.6. The molecule has 0 aromatic carbocycles. The van der Waals surface area contributed by atoms with Crippen LogP contribution in [-0.2, 0) is 66.7 Å². The van der Waals surface area contributed by atoms with Gasteiger partial charge in [-0.05, 0) is 32.8 Å². The van der Waals surface area contributed by atoms with E-state index in [4.69, 9.17) is 33.2 Å². The van der Waals surface area contributed by atoms with Crippen LogP contribution in [0.1, 0.15) is 75.2 Å². The first-order chi connectivity index (χ1) is 21.6. The predicted molar refractivity (Wildman–Crippen MR) is 154 cm³/mol. The van der Waals surface area contributed by atoms with Crippen LogP contribution in [0.4, 0.5) is 0 Å². The van der Waals surface area contributed by atoms with Crippen molar-refractivity contribution in [3.8, 4) is 0 Å². The van der Waals surface area contributed by atoms with Crippen molar-refractivity contribution in [1.29, 1.82) is 0 Å². The summed E-state index contributed by atoms with van der Waals surface area (Å²) in [6, 6.07) is 0. The van der Waals surface area contributed by atoms with E-state index >= 15 is 0 Å². The fourth-order valence-electron chi connectivity index (χ4n) is 9.27. The minimum Gasteiger partial charge on any atom is -0.462 e. The molecular formula is C32H42O15. The van der Waals surface area contributed by atoms with E-state index in [0.717, 1.165) is 41.5 Å². The molecule has 1 aliphatic heterocycles. The van der Waals surface area contributed by atoms with Crippen molar-refractivity contribution in [2.45, 2.75) is 122 Å². The van der Waals surface area contributed by atoms with Crippen molar-refractivity contribution in [2.24, 2.45) is 23.2 Å². The van der Waals surface area contributed by atoms with E-state index < -0.39 is 119 Å². The Bertz CT molecular complexity index is 1420. The second-order valence-electron chi connectivity index (χ2n) is 13.3. The monoisotopic (exact) mass is 666 g/mol. The average molecular weight is 667 g/mol. The van der Waals surface area contributed by atoms with Crippen molar-refractivity contribution < 1.29 is 71.8 Å². The number of aliphatic hydroxyl groups is 1. The normalized spacial score (nSPS) is 41.5. The van der Waals surface area contributed by atoms with Crippen molar-refractivity contribution in [3.63, 3.8) is 0 Å². The van der Waals surface area contributed by atoms with Crippen LogP contribution in [0.15, 0.2) is 12.2 Å². The molecule has 47 heavy (non-hydrogen) atoms. The summed E-state index contributed by atoms with van der Waals surface area (Å²) < 4.78 is 41.8. The number of hydrogen-bond acceptors (Lipinski definition) is 15. The lowest BCUT2D eigenvalue weighted by Gasteiger charge is -2.56. The molecule has 260 valence electrons. The number of carbonyl (C=O) groups is 7. The molecule has 1 spiro atoms. The molecule has 0 amide bonds. The Morgan fingerprint density at radius 1 is 0.745 bits per heavy atom. The van der Waals surface area contributed by atoms with Crippen molar-refractivity contribution in [2.75, 3.05) is 0 Å². The second-order valence-corrected chi connectivity index (χ2v) is 13.3. The fraction of sp³-hybridized carbons (Fsp3) is 0.719. The van der Waals surface area contributed by atoms with Crippen LogP contribution in [-0.4, -0.2) is 94.2 Å². The smallest absolute Gasteiger partial charge is 0.306 e. The number of fused-ring (bicyclic) bond motifs is 3. The molecule has 15 nitrogen and oxygen atoms in total. The van der Waals surface area contributed by atoms with Gasteiger partial charge in [0.1, 0.15) is 23.4 Å². The largest absolute Gasteiger partial charge is 0.462 e. The fourth-order valence-corrected chi connectivity index (χ4v) is 9.27. The quantitative estimate of drug-likeness (QED) is 0.231. The zero-order chi connectivity index (χ0) is 35.6. The third-order valence-corrected chi connectivity index (χ3v) is 10.2. The third kappa shape index (κ3) is 5.35. The zero-order valence-electron chi connectivity index (χ0n) is 27.9. The SMILES string of the molecule is C=C(C)[C@@]1(O)[C@H](OC(C)=O)[C@@H](OC(C)=O)C23[C@H](OC(C)=O)C(C[C@H](OC(C)=O)[C@H]2[C@@]2(C)OC(=O)C[C@@H]21)[C@](C)(OC(C)=O)[C@@H]3OC(C)=O. The van der Waals surface area contributed by atoms with Gasteiger partial charge in [0.05, 0.1) is 17.8 Å². The van der Waals surface area contributed by atoms with Crippen LogP contribution >= 0.6 is 0 Å². The van der Waals surface area contributed by atoms with Gasteiger partial charge in [0, 0.05) is 53.4 Å². The topological polar surface area (TPSA) is 204 Å². The lowest BCUT2D eigenvalue weighted by molar-refractivity contribution is -0.263. The summed E-state index contributed by atoms with van der Waals surface area (Å²) in [5, 5.41) is 12.8. The Morgan fingerprint density at radius 3 is 1.70 bits per heavy atom. The molecule has 1 N–H and O–H groups in total. The highest BCUT2D eigenvalue weighted by molar-refractivity contribution is 5.75. The van der Waals surface area contributed by atoms with E-state index in [1.54, 1.807) is 0 Å². The maximum absolute atomic E-state index is 13.3. The third-order valence-electron chi connectivity index (χ3n) is 10.2. The highest BCUT2D eigenvalue weighted by Crippen LogP contribution is 2.72. The molecule has 3 aliphatic carbocycles. The number of hydrogen-bond donors (Lipinski definition) is 1. The Morgan fingerprint density at radius 2 is 1.23 bits per heavy atom. The van der Waals surface area contributed by atoms with Gasteiger partial charge in [-0.1, -0.05) is 6.58 Å². The number of esters is 7. The van der Waals surface area contributed by atoms with Gasteiger partial charge in [0.25, 0.3) is 0 Å². The van der Waals surface area contributed by atoms with Crippen molar-refractivity contribution >= 4 is 41.8 Å². The summed E-state index contributed by atoms with van der Waals surface area (Å²) in [5.41, 5.74) is -8.45. The molecular weight excluding hydrogens is 624 g/mol. The molecule has 0 aromatic heterocycles. The van der Waals surface area contributed by atoms with E-state index in [0.29, 0.717) is 0 Å². The predicted octanol–water partition coefficient (Wildman–Crippen LogP) is 1.25. The molecule has 3 saturated carbocycles. The number of carbonyl (C=O) groups excluding carboxylic acids is 7. The summed E-state index contributed by atoms with van der Waals surface area (Å²) in [6.07, 6.45) is -9.02. The average Bonchev–Trinajstić information content (AvgIpc) is 3.24. The molecule has 12 atom stereocenters. The number of rotatable bonds is 7. The lowest BCUT2D eigenvalue weighted by Crippen LogP contribution is -2.70. The summed E-state index contributed by atoms with van der Waals surface area (Å²) in [7, 11) is 0. The van der Waals surface area contributed by atoms with Gasteiger partial charge in [-0.25, -0.2) is 0 Å². The Labute approximate surface area is 271 Å². The first-order valence-electron chi connectivity index (χ1n) is 15.2. The van der Waals surface area contributed by atoms with Gasteiger partial charge in [-0.3, -0.25) is 33.6 Å². The van der Waals surface area contributed by atoms with Gasteiger partial charge in [-0.2, -0.15) is 0 Å². The van der Waals surface area contributed by atoms with Crippen LogP contribution < -0.4 is 0 Å². The Kier molecular flexibility index (Phi) is 9.08. The number of ether oxygens (including phenoxy) is 7. The minimum atomic E-state index is -2.41. The molecule has 4 aliphatic rings.